The monoisotopic (exact) mass is 284 g/mol. The summed E-state index contributed by atoms with van der Waals surface area (Å²) in [6.45, 7) is 1.67. The number of para-hydroxylation sites is 1. The number of nitrogens with one attached hydrogen (secondary N) is 1. The molecule has 1 aromatic heterocycles. The van der Waals surface area contributed by atoms with E-state index < -0.39 is 0 Å². The Morgan fingerprint density at radius 2 is 2.05 bits per heavy atom. The maximum absolute atomic E-state index is 12.1. The van der Waals surface area contributed by atoms with Crippen LogP contribution in [0.3, 0.4) is 0 Å². The van der Waals surface area contributed by atoms with Crippen LogP contribution >= 0.6 is 0 Å². The zero-order valence-electron chi connectivity index (χ0n) is 12.0. The Morgan fingerprint density at radius 3 is 2.90 bits per heavy atom. The van der Waals surface area contributed by atoms with Gasteiger partial charge in [-0.3, -0.25) is 9.78 Å². The maximum atomic E-state index is 12.1. The maximum Gasteiger partial charge on any atom is 0.224 e. The Bertz CT molecular complexity index is 616. The first-order chi connectivity index (χ1) is 10.3. The first-order valence-corrected chi connectivity index (χ1v) is 7.54. The molecule has 2 aromatic rings. The molecule has 3 rings (SSSR count). The predicted octanol–water partition coefficient (Wildman–Crippen LogP) is 3.38. The van der Waals surface area contributed by atoms with Crippen LogP contribution in [0.25, 0.3) is 10.9 Å². The third-order valence-electron chi connectivity index (χ3n) is 4.03. The standard InChI is InChI=1S/C17H20N2O2/c20-16(7-6-13-8-11-21-12-9-13)19-15-5-1-3-14-4-2-10-18-17(14)15/h1-5,10,13H,6-9,11-12H2,(H,19,20). The van der Waals surface area contributed by atoms with E-state index in [9.17, 15) is 4.79 Å². The number of aromatic nitrogens is 1. The van der Waals surface area contributed by atoms with E-state index in [4.69, 9.17) is 4.74 Å². The van der Waals surface area contributed by atoms with E-state index in [2.05, 4.69) is 10.3 Å². The summed E-state index contributed by atoms with van der Waals surface area (Å²) in [5, 5.41) is 4.03. The molecule has 0 radical (unpaired) electrons. The van der Waals surface area contributed by atoms with Crippen LogP contribution < -0.4 is 5.32 Å². The quantitative estimate of drug-likeness (QED) is 0.936. The van der Waals surface area contributed by atoms with Crippen molar-refractivity contribution in [3.05, 3.63) is 36.5 Å². The number of rotatable bonds is 4. The van der Waals surface area contributed by atoms with E-state index in [1.165, 1.54) is 0 Å². The molecule has 4 heteroatoms. The number of benzene rings is 1. The molecular weight excluding hydrogens is 264 g/mol. The Labute approximate surface area is 124 Å². The Hall–Kier alpha value is -1.94. The fourth-order valence-corrected chi connectivity index (χ4v) is 2.79. The number of nitrogens with zero attached hydrogens (tertiary/aromatic N) is 1. The summed E-state index contributed by atoms with van der Waals surface area (Å²) < 4.78 is 5.34. The third kappa shape index (κ3) is 3.58. The van der Waals surface area contributed by atoms with Crippen molar-refractivity contribution < 1.29 is 9.53 Å². The summed E-state index contributed by atoms with van der Waals surface area (Å²) >= 11 is 0. The fourth-order valence-electron chi connectivity index (χ4n) is 2.79. The largest absolute Gasteiger partial charge is 0.381 e. The van der Waals surface area contributed by atoms with Crippen molar-refractivity contribution in [1.82, 2.24) is 4.98 Å². The molecule has 110 valence electrons. The summed E-state index contributed by atoms with van der Waals surface area (Å²) in [4.78, 5) is 16.5. The highest BCUT2D eigenvalue weighted by Crippen LogP contribution is 2.23. The highest BCUT2D eigenvalue weighted by molar-refractivity contribution is 6.00. The van der Waals surface area contributed by atoms with Gasteiger partial charge in [0.1, 0.15) is 0 Å². The predicted molar refractivity (Wildman–Crippen MR) is 83.1 cm³/mol. The van der Waals surface area contributed by atoms with Crippen molar-refractivity contribution in [1.29, 1.82) is 0 Å². The number of pyridine rings is 1. The number of carbonyl (C=O) groups is 1. The minimum absolute atomic E-state index is 0.0691. The van der Waals surface area contributed by atoms with Gasteiger partial charge in [0.15, 0.2) is 0 Å². The van der Waals surface area contributed by atoms with Gasteiger partial charge in [-0.25, -0.2) is 0 Å². The van der Waals surface area contributed by atoms with Gasteiger partial charge in [-0.1, -0.05) is 18.2 Å². The molecule has 1 N–H and O–H groups in total. The van der Waals surface area contributed by atoms with Crippen LogP contribution in [0.4, 0.5) is 5.69 Å². The van der Waals surface area contributed by atoms with Crippen molar-refractivity contribution in [3.8, 4) is 0 Å². The van der Waals surface area contributed by atoms with E-state index >= 15 is 0 Å². The van der Waals surface area contributed by atoms with Gasteiger partial charge in [0.05, 0.1) is 11.2 Å². The molecule has 4 nitrogen and oxygen atoms in total. The van der Waals surface area contributed by atoms with Gasteiger partial charge in [-0.15, -0.1) is 0 Å². The minimum atomic E-state index is 0.0691. The molecule has 21 heavy (non-hydrogen) atoms. The summed E-state index contributed by atoms with van der Waals surface area (Å²) in [7, 11) is 0. The van der Waals surface area contributed by atoms with Crippen molar-refractivity contribution in [2.75, 3.05) is 18.5 Å². The van der Waals surface area contributed by atoms with E-state index in [1.54, 1.807) is 6.20 Å². The van der Waals surface area contributed by atoms with E-state index in [-0.39, 0.29) is 5.91 Å². The lowest BCUT2D eigenvalue weighted by molar-refractivity contribution is -0.116. The molecule has 0 unspecified atom stereocenters. The second-order valence-electron chi connectivity index (χ2n) is 5.52. The number of anilines is 1. The summed E-state index contributed by atoms with van der Waals surface area (Å²) in [6, 6.07) is 9.75. The molecule has 2 heterocycles. The number of fused-ring (bicyclic) bond motifs is 1. The second kappa shape index (κ2) is 6.68. The van der Waals surface area contributed by atoms with E-state index in [1.807, 2.05) is 30.3 Å². The summed E-state index contributed by atoms with van der Waals surface area (Å²) in [5.74, 6) is 0.690. The second-order valence-corrected chi connectivity index (χ2v) is 5.52. The molecule has 1 fully saturated rings. The van der Waals surface area contributed by atoms with Crippen molar-refractivity contribution in [2.24, 2.45) is 5.92 Å². The molecule has 1 aliphatic heterocycles. The van der Waals surface area contributed by atoms with Crippen LogP contribution in [0.1, 0.15) is 25.7 Å². The number of amides is 1. The first kappa shape index (κ1) is 14.0. The Morgan fingerprint density at radius 1 is 1.24 bits per heavy atom. The molecule has 0 saturated carbocycles. The van der Waals surface area contributed by atoms with Crippen LogP contribution in [-0.4, -0.2) is 24.1 Å². The van der Waals surface area contributed by atoms with Gasteiger partial charge in [-0.2, -0.15) is 0 Å². The van der Waals surface area contributed by atoms with Crippen LogP contribution in [0, 0.1) is 5.92 Å². The third-order valence-corrected chi connectivity index (χ3v) is 4.03. The highest BCUT2D eigenvalue weighted by Gasteiger charge is 2.15. The lowest BCUT2D eigenvalue weighted by Crippen LogP contribution is -2.18. The van der Waals surface area contributed by atoms with Gasteiger partial charge >= 0.3 is 0 Å². The Kier molecular flexibility index (Phi) is 4.46. The lowest BCUT2D eigenvalue weighted by atomic mass is 9.95. The van der Waals surface area contributed by atoms with Crippen LogP contribution in [-0.2, 0) is 9.53 Å². The molecule has 0 atom stereocenters. The number of ether oxygens (including phenoxy) is 1. The van der Waals surface area contributed by atoms with E-state index in [0.717, 1.165) is 49.1 Å². The average molecular weight is 284 g/mol. The molecule has 0 bridgehead atoms. The lowest BCUT2D eigenvalue weighted by Gasteiger charge is -2.21. The topological polar surface area (TPSA) is 51.2 Å². The van der Waals surface area contributed by atoms with Gasteiger partial charge in [0, 0.05) is 31.2 Å². The average Bonchev–Trinajstić information content (AvgIpc) is 2.54. The summed E-state index contributed by atoms with van der Waals surface area (Å²) in [5.41, 5.74) is 1.64. The zero-order chi connectivity index (χ0) is 14.5. The molecule has 0 spiro atoms. The van der Waals surface area contributed by atoms with Crippen molar-refractivity contribution in [2.45, 2.75) is 25.7 Å². The smallest absolute Gasteiger partial charge is 0.224 e. The SMILES string of the molecule is O=C(CCC1CCOCC1)Nc1cccc2cccnc12. The molecule has 1 aliphatic rings. The van der Waals surface area contributed by atoms with Gasteiger partial charge in [0.2, 0.25) is 5.91 Å². The number of carbonyl (C=O) groups excluding carboxylic acids is 1. The molecule has 1 aromatic carbocycles. The summed E-state index contributed by atoms with van der Waals surface area (Å²) in [6.07, 6.45) is 5.40. The highest BCUT2D eigenvalue weighted by atomic mass is 16.5. The molecule has 0 aliphatic carbocycles. The van der Waals surface area contributed by atoms with Crippen molar-refractivity contribution >= 4 is 22.5 Å². The zero-order valence-corrected chi connectivity index (χ0v) is 12.0. The molecule has 1 saturated heterocycles. The fraction of sp³-hybridized carbons (Fsp3) is 0.412. The van der Waals surface area contributed by atoms with Crippen molar-refractivity contribution in [3.63, 3.8) is 0 Å². The van der Waals surface area contributed by atoms with Crippen LogP contribution in [0.15, 0.2) is 36.5 Å². The molecular formula is C17H20N2O2. The van der Waals surface area contributed by atoms with Crippen LogP contribution in [0.5, 0.6) is 0 Å². The van der Waals surface area contributed by atoms with E-state index in [0.29, 0.717) is 12.3 Å². The normalized spacial score (nSPS) is 16.0. The van der Waals surface area contributed by atoms with Gasteiger partial charge in [0.25, 0.3) is 0 Å². The Balaban J connectivity index is 1.61. The number of hydrogen-bond acceptors (Lipinski definition) is 3. The van der Waals surface area contributed by atoms with Gasteiger partial charge < -0.3 is 10.1 Å². The number of hydrogen-bond donors (Lipinski definition) is 1. The van der Waals surface area contributed by atoms with Gasteiger partial charge in [-0.05, 0) is 37.3 Å². The minimum Gasteiger partial charge on any atom is -0.381 e. The molecule has 1 amide bonds. The van der Waals surface area contributed by atoms with Crippen LogP contribution in [0.2, 0.25) is 0 Å². The first-order valence-electron chi connectivity index (χ1n) is 7.54.